The number of amides is 1. The Labute approximate surface area is 135 Å². The molecule has 0 heterocycles. The van der Waals surface area contributed by atoms with E-state index in [2.05, 4.69) is 21.2 Å². The van der Waals surface area contributed by atoms with Crippen molar-refractivity contribution >= 4 is 56.3 Å². The van der Waals surface area contributed by atoms with Gasteiger partial charge in [-0.1, -0.05) is 42.0 Å². The maximum absolute atomic E-state index is 12.2. The number of carbonyl (C=O) groups is 1. The minimum Gasteiger partial charge on any atom is -0.389 e. The first-order chi connectivity index (χ1) is 9.49. The molecule has 3 N–H and O–H groups in total. The van der Waals surface area contributed by atoms with Gasteiger partial charge in [-0.05, 0) is 40.2 Å². The van der Waals surface area contributed by atoms with Crippen LogP contribution in [-0.2, 0) is 0 Å². The summed E-state index contributed by atoms with van der Waals surface area (Å²) < 4.78 is 0.670. The van der Waals surface area contributed by atoms with E-state index in [-0.39, 0.29) is 10.9 Å². The second-order valence-electron chi connectivity index (χ2n) is 4.00. The molecule has 0 saturated carbocycles. The van der Waals surface area contributed by atoms with Gasteiger partial charge in [-0.15, -0.1) is 0 Å². The highest BCUT2D eigenvalue weighted by Gasteiger charge is 2.12. The van der Waals surface area contributed by atoms with Crippen molar-refractivity contribution in [2.24, 2.45) is 5.73 Å². The lowest BCUT2D eigenvalue weighted by Gasteiger charge is -2.08. The molecule has 3 nitrogen and oxygen atoms in total. The number of hydrogen-bond acceptors (Lipinski definition) is 2. The van der Waals surface area contributed by atoms with Crippen LogP contribution < -0.4 is 11.1 Å². The monoisotopic (exact) mass is 368 g/mol. The number of anilines is 1. The molecule has 0 radical (unpaired) electrons. The quantitative estimate of drug-likeness (QED) is 0.804. The second kappa shape index (κ2) is 6.35. The van der Waals surface area contributed by atoms with Crippen LogP contribution >= 0.6 is 39.7 Å². The summed E-state index contributed by atoms with van der Waals surface area (Å²) in [5.74, 6) is -0.295. The zero-order valence-electron chi connectivity index (χ0n) is 10.2. The summed E-state index contributed by atoms with van der Waals surface area (Å²) in [4.78, 5) is 12.5. The second-order valence-corrected chi connectivity index (χ2v) is 5.67. The van der Waals surface area contributed by atoms with Gasteiger partial charge in [-0.2, -0.15) is 0 Å². The van der Waals surface area contributed by atoms with Crippen LogP contribution in [0.3, 0.4) is 0 Å². The Morgan fingerprint density at radius 3 is 2.65 bits per heavy atom. The molecule has 2 rings (SSSR count). The molecule has 6 heteroatoms. The molecule has 0 bridgehead atoms. The highest BCUT2D eigenvalue weighted by Crippen LogP contribution is 2.26. The lowest BCUT2D eigenvalue weighted by Crippen LogP contribution is -2.14. The Kier molecular flexibility index (Phi) is 4.75. The smallest absolute Gasteiger partial charge is 0.257 e. The van der Waals surface area contributed by atoms with Crippen molar-refractivity contribution < 1.29 is 4.79 Å². The summed E-state index contributed by atoms with van der Waals surface area (Å²) in [6, 6.07) is 12.2. The van der Waals surface area contributed by atoms with E-state index in [0.717, 1.165) is 0 Å². The summed E-state index contributed by atoms with van der Waals surface area (Å²) in [5, 5.41) is 3.13. The zero-order valence-corrected chi connectivity index (χ0v) is 13.3. The van der Waals surface area contributed by atoms with Crippen molar-refractivity contribution in [1.29, 1.82) is 0 Å². The van der Waals surface area contributed by atoms with E-state index in [1.807, 2.05) is 0 Å². The highest BCUT2D eigenvalue weighted by atomic mass is 79.9. The summed E-state index contributed by atoms with van der Waals surface area (Å²) in [5.41, 5.74) is 7.25. The minimum absolute atomic E-state index is 0.279. The van der Waals surface area contributed by atoms with Gasteiger partial charge in [0.2, 0.25) is 0 Å². The van der Waals surface area contributed by atoms with E-state index >= 15 is 0 Å². The molecule has 0 aliphatic rings. The first-order valence-corrected chi connectivity index (χ1v) is 7.22. The Balaban J connectivity index is 2.26. The fraction of sp³-hybridized carbons (Fsp3) is 0. The Morgan fingerprint density at radius 1 is 1.25 bits per heavy atom. The van der Waals surface area contributed by atoms with Crippen LogP contribution in [0, 0.1) is 0 Å². The van der Waals surface area contributed by atoms with Crippen LogP contribution in [0.1, 0.15) is 15.9 Å². The predicted molar refractivity (Wildman–Crippen MR) is 89.4 cm³/mol. The molecule has 0 aromatic heterocycles. The third kappa shape index (κ3) is 3.36. The van der Waals surface area contributed by atoms with Crippen LogP contribution in [0.15, 0.2) is 46.9 Å². The molecule has 102 valence electrons. The number of benzene rings is 2. The Morgan fingerprint density at radius 2 is 1.95 bits per heavy atom. The molecule has 20 heavy (non-hydrogen) atoms. The average molecular weight is 370 g/mol. The summed E-state index contributed by atoms with van der Waals surface area (Å²) >= 11 is 14.3. The van der Waals surface area contributed by atoms with Crippen molar-refractivity contribution in [1.82, 2.24) is 0 Å². The van der Waals surface area contributed by atoms with Crippen LogP contribution in [0.5, 0.6) is 0 Å². The fourth-order valence-corrected chi connectivity index (χ4v) is 2.33. The maximum Gasteiger partial charge on any atom is 0.257 e. The van der Waals surface area contributed by atoms with Gasteiger partial charge in [0.1, 0.15) is 4.99 Å². The topological polar surface area (TPSA) is 55.1 Å². The van der Waals surface area contributed by atoms with Crippen LogP contribution in [0.4, 0.5) is 5.69 Å². The van der Waals surface area contributed by atoms with Gasteiger partial charge in [0.05, 0.1) is 10.6 Å². The predicted octanol–water partition coefficient (Wildman–Crippen LogP) is 3.99. The molecule has 0 spiro atoms. The van der Waals surface area contributed by atoms with Crippen molar-refractivity contribution in [2.45, 2.75) is 0 Å². The van der Waals surface area contributed by atoms with Gasteiger partial charge in [0.25, 0.3) is 5.91 Å². The number of thiocarbonyl (C=S) groups is 1. The van der Waals surface area contributed by atoms with E-state index < -0.39 is 0 Å². The van der Waals surface area contributed by atoms with E-state index in [1.165, 1.54) is 0 Å². The molecular formula is C14H10BrClN2OS. The van der Waals surface area contributed by atoms with Crippen molar-refractivity contribution in [2.75, 3.05) is 5.32 Å². The van der Waals surface area contributed by atoms with E-state index in [4.69, 9.17) is 29.6 Å². The summed E-state index contributed by atoms with van der Waals surface area (Å²) in [7, 11) is 0. The van der Waals surface area contributed by atoms with Gasteiger partial charge in [0, 0.05) is 15.7 Å². The standard InChI is InChI=1S/C14H10BrClN2OS/c15-11-6-2-5-10(12(11)16)14(19)18-9-4-1-3-8(7-9)13(17)20/h1-7H,(H2,17,20)(H,18,19). The fourth-order valence-electron chi connectivity index (χ4n) is 1.63. The molecule has 0 saturated heterocycles. The van der Waals surface area contributed by atoms with Gasteiger partial charge >= 0.3 is 0 Å². The maximum atomic E-state index is 12.2. The lowest BCUT2D eigenvalue weighted by molar-refractivity contribution is 0.102. The number of halogens is 2. The summed E-state index contributed by atoms with van der Waals surface area (Å²) in [6.07, 6.45) is 0. The van der Waals surface area contributed by atoms with Gasteiger partial charge in [-0.3, -0.25) is 4.79 Å². The highest BCUT2D eigenvalue weighted by molar-refractivity contribution is 9.10. The first-order valence-electron chi connectivity index (χ1n) is 5.64. The number of nitrogens with two attached hydrogens (primary N) is 1. The number of rotatable bonds is 3. The molecule has 0 aliphatic carbocycles. The molecule has 2 aromatic carbocycles. The third-order valence-electron chi connectivity index (χ3n) is 2.60. The molecule has 0 unspecified atom stereocenters. The van der Waals surface area contributed by atoms with Crippen molar-refractivity contribution in [3.8, 4) is 0 Å². The van der Waals surface area contributed by atoms with Crippen molar-refractivity contribution in [3.63, 3.8) is 0 Å². The van der Waals surface area contributed by atoms with Gasteiger partial charge in [-0.25, -0.2) is 0 Å². The van der Waals surface area contributed by atoms with Crippen molar-refractivity contribution in [3.05, 3.63) is 63.1 Å². The van der Waals surface area contributed by atoms with E-state index in [0.29, 0.717) is 26.3 Å². The zero-order chi connectivity index (χ0) is 14.7. The Hall–Kier alpha value is -1.43. The van der Waals surface area contributed by atoms with Crippen LogP contribution in [0.25, 0.3) is 0 Å². The van der Waals surface area contributed by atoms with E-state index in [1.54, 1.807) is 42.5 Å². The SMILES string of the molecule is NC(=S)c1cccc(NC(=O)c2cccc(Br)c2Cl)c1. The normalized spacial score (nSPS) is 10.1. The Bertz CT molecular complexity index is 691. The molecular weight excluding hydrogens is 360 g/mol. The minimum atomic E-state index is -0.295. The first kappa shape index (κ1) is 15.0. The molecule has 2 aromatic rings. The number of carbonyl (C=O) groups excluding carboxylic acids is 1. The van der Waals surface area contributed by atoms with Crippen LogP contribution in [0.2, 0.25) is 5.02 Å². The molecule has 1 amide bonds. The van der Waals surface area contributed by atoms with Gasteiger partial charge in [0.15, 0.2) is 0 Å². The van der Waals surface area contributed by atoms with E-state index in [9.17, 15) is 4.79 Å². The molecule has 0 aliphatic heterocycles. The lowest BCUT2D eigenvalue weighted by atomic mass is 10.1. The number of hydrogen-bond donors (Lipinski definition) is 2. The van der Waals surface area contributed by atoms with Crippen LogP contribution in [-0.4, -0.2) is 10.9 Å². The largest absolute Gasteiger partial charge is 0.389 e. The molecule has 0 atom stereocenters. The average Bonchev–Trinajstić information content (AvgIpc) is 2.42. The number of nitrogens with one attached hydrogen (secondary N) is 1. The summed E-state index contributed by atoms with van der Waals surface area (Å²) in [6.45, 7) is 0. The van der Waals surface area contributed by atoms with Gasteiger partial charge < -0.3 is 11.1 Å². The molecule has 0 fully saturated rings. The third-order valence-corrected chi connectivity index (χ3v) is 4.13.